The third-order valence-corrected chi connectivity index (χ3v) is 4.98. The number of hydrogen-bond acceptors (Lipinski definition) is 4. The molecule has 1 aliphatic rings. The molecule has 1 saturated heterocycles. The SMILES string of the molecule is CC1CCN(c2ccc(S(N)(=O)=O)c(N)c2)CC1C. The van der Waals surface area contributed by atoms with Crippen LogP contribution in [0.5, 0.6) is 0 Å². The minimum Gasteiger partial charge on any atom is -0.398 e. The number of benzene rings is 1. The topological polar surface area (TPSA) is 89.4 Å². The molecule has 0 bridgehead atoms. The van der Waals surface area contributed by atoms with Gasteiger partial charge in [0.2, 0.25) is 10.0 Å². The maximum Gasteiger partial charge on any atom is 0.240 e. The predicted octanol–water partition coefficient (Wildman–Crippen LogP) is 1.40. The quantitative estimate of drug-likeness (QED) is 0.803. The molecule has 1 heterocycles. The summed E-state index contributed by atoms with van der Waals surface area (Å²) >= 11 is 0. The fraction of sp³-hybridized carbons (Fsp3) is 0.538. The zero-order chi connectivity index (χ0) is 14.2. The molecule has 0 saturated carbocycles. The molecule has 0 amide bonds. The van der Waals surface area contributed by atoms with Crippen LogP contribution in [0.3, 0.4) is 0 Å². The first-order valence-corrected chi connectivity index (χ1v) is 8.01. The number of primary sulfonamides is 1. The molecule has 5 nitrogen and oxygen atoms in total. The van der Waals surface area contributed by atoms with Crippen molar-refractivity contribution in [2.24, 2.45) is 17.0 Å². The Labute approximate surface area is 114 Å². The van der Waals surface area contributed by atoms with Crippen molar-refractivity contribution in [2.45, 2.75) is 25.2 Å². The lowest BCUT2D eigenvalue weighted by Crippen LogP contribution is -2.38. The standard InChI is InChI=1S/C13H21N3O2S/c1-9-5-6-16(8-10(9)2)11-3-4-13(12(14)7-11)19(15,17)18/h3-4,7,9-10H,5-6,8,14H2,1-2H3,(H2,15,17,18). The van der Waals surface area contributed by atoms with E-state index in [1.165, 1.54) is 6.07 Å². The Hall–Kier alpha value is -1.27. The van der Waals surface area contributed by atoms with E-state index in [0.29, 0.717) is 5.92 Å². The Morgan fingerprint density at radius 3 is 2.47 bits per heavy atom. The van der Waals surface area contributed by atoms with E-state index in [1.807, 2.05) is 0 Å². The van der Waals surface area contributed by atoms with Crippen LogP contribution in [0.15, 0.2) is 23.1 Å². The minimum atomic E-state index is -3.74. The molecule has 2 atom stereocenters. The lowest BCUT2D eigenvalue weighted by atomic mass is 9.88. The van der Waals surface area contributed by atoms with Crippen molar-refractivity contribution >= 4 is 21.4 Å². The molecule has 1 fully saturated rings. The number of sulfonamides is 1. The van der Waals surface area contributed by atoms with Crippen LogP contribution in [0.25, 0.3) is 0 Å². The number of rotatable bonds is 2. The molecular weight excluding hydrogens is 262 g/mol. The van der Waals surface area contributed by atoms with Crippen LogP contribution in [-0.4, -0.2) is 21.5 Å². The van der Waals surface area contributed by atoms with Crippen LogP contribution in [0.4, 0.5) is 11.4 Å². The van der Waals surface area contributed by atoms with Crippen molar-refractivity contribution in [3.8, 4) is 0 Å². The smallest absolute Gasteiger partial charge is 0.240 e. The number of hydrogen-bond donors (Lipinski definition) is 2. The first-order chi connectivity index (χ1) is 8.79. The van der Waals surface area contributed by atoms with Gasteiger partial charge in [0.25, 0.3) is 0 Å². The maximum atomic E-state index is 11.3. The van der Waals surface area contributed by atoms with Gasteiger partial charge in [-0.1, -0.05) is 13.8 Å². The molecule has 0 spiro atoms. The van der Waals surface area contributed by atoms with Gasteiger partial charge in [0.1, 0.15) is 4.90 Å². The number of anilines is 2. The summed E-state index contributed by atoms with van der Waals surface area (Å²) in [4.78, 5) is 2.24. The molecule has 6 heteroatoms. The summed E-state index contributed by atoms with van der Waals surface area (Å²) in [6.07, 6.45) is 1.14. The highest BCUT2D eigenvalue weighted by Crippen LogP contribution is 2.29. The second-order valence-electron chi connectivity index (χ2n) is 5.46. The molecule has 0 aliphatic carbocycles. The summed E-state index contributed by atoms with van der Waals surface area (Å²) in [5, 5.41) is 5.10. The Bertz CT molecular complexity index is 571. The van der Waals surface area contributed by atoms with Crippen molar-refractivity contribution in [1.29, 1.82) is 0 Å². The molecule has 4 N–H and O–H groups in total. The van der Waals surface area contributed by atoms with Gasteiger partial charge in [-0.15, -0.1) is 0 Å². The van der Waals surface area contributed by atoms with E-state index in [4.69, 9.17) is 10.9 Å². The summed E-state index contributed by atoms with van der Waals surface area (Å²) in [5.74, 6) is 1.34. The Kier molecular flexibility index (Phi) is 3.73. The maximum absolute atomic E-state index is 11.3. The van der Waals surface area contributed by atoms with Gasteiger partial charge in [-0.3, -0.25) is 0 Å². The normalized spacial score (nSPS) is 24.5. The summed E-state index contributed by atoms with van der Waals surface area (Å²) < 4.78 is 22.6. The number of nitrogens with zero attached hydrogens (tertiary/aromatic N) is 1. The lowest BCUT2D eigenvalue weighted by Gasteiger charge is -2.37. The average molecular weight is 283 g/mol. The van der Waals surface area contributed by atoms with Crippen molar-refractivity contribution in [1.82, 2.24) is 0 Å². The third kappa shape index (κ3) is 3.01. The zero-order valence-electron chi connectivity index (χ0n) is 11.3. The fourth-order valence-corrected chi connectivity index (χ4v) is 3.13. The van der Waals surface area contributed by atoms with Crippen LogP contribution in [0, 0.1) is 11.8 Å². The number of nitrogen functional groups attached to an aromatic ring is 1. The van der Waals surface area contributed by atoms with E-state index in [1.54, 1.807) is 12.1 Å². The number of piperidine rings is 1. The van der Waals surface area contributed by atoms with Crippen molar-refractivity contribution < 1.29 is 8.42 Å². The van der Waals surface area contributed by atoms with Crippen LogP contribution in [0.2, 0.25) is 0 Å². The predicted molar refractivity (Wildman–Crippen MR) is 77.4 cm³/mol. The molecule has 1 aromatic carbocycles. The van der Waals surface area contributed by atoms with Gasteiger partial charge >= 0.3 is 0 Å². The van der Waals surface area contributed by atoms with Gasteiger partial charge in [-0.2, -0.15) is 0 Å². The third-order valence-electron chi connectivity index (χ3n) is 4.00. The van der Waals surface area contributed by atoms with Crippen molar-refractivity contribution in [2.75, 3.05) is 23.7 Å². The first kappa shape index (κ1) is 14.1. The van der Waals surface area contributed by atoms with Gasteiger partial charge < -0.3 is 10.6 Å². The minimum absolute atomic E-state index is 0.00493. The summed E-state index contributed by atoms with van der Waals surface area (Å²) in [6, 6.07) is 4.96. The van der Waals surface area contributed by atoms with Gasteiger partial charge in [0.15, 0.2) is 0 Å². The lowest BCUT2D eigenvalue weighted by molar-refractivity contribution is 0.324. The fourth-order valence-electron chi connectivity index (χ4n) is 2.49. The number of nitrogens with two attached hydrogens (primary N) is 2. The Balaban J connectivity index is 2.26. The van der Waals surface area contributed by atoms with Gasteiger partial charge in [0.05, 0.1) is 5.69 Å². The molecule has 2 rings (SSSR count). The molecule has 1 aliphatic heterocycles. The highest BCUT2D eigenvalue weighted by Gasteiger charge is 2.23. The largest absolute Gasteiger partial charge is 0.398 e. The highest BCUT2D eigenvalue weighted by molar-refractivity contribution is 7.89. The van der Waals surface area contributed by atoms with Crippen LogP contribution >= 0.6 is 0 Å². The second kappa shape index (κ2) is 5.02. The molecule has 1 aromatic rings. The monoisotopic (exact) mass is 283 g/mol. The Morgan fingerprint density at radius 2 is 1.95 bits per heavy atom. The van der Waals surface area contributed by atoms with Gasteiger partial charge in [0, 0.05) is 18.8 Å². The van der Waals surface area contributed by atoms with Crippen LogP contribution in [0.1, 0.15) is 20.3 Å². The Morgan fingerprint density at radius 1 is 1.26 bits per heavy atom. The van der Waals surface area contributed by atoms with Crippen LogP contribution < -0.4 is 15.8 Å². The molecular formula is C13H21N3O2S. The zero-order valence-corrected chi connectivity index (χ0v) is 12.2. The first-order valence-electron chi connectivity index (χ1n) is 6.46. The second-order valence-corrected chi connectivity index (χ2v) is 6.99. The van der Waals surface area contributed by atoms with Crippen LogP contribution in [-0.2, 0) is 10.0 Å². The van der Waals surface area contributed by atoms with Gasteiger partial charge in [-0.05, 0) is 36.5 Å². The molecule has 2 unspecified atom stereocenters. The van der Waals surface area contributed by atoms with E-state index in [-0.39, 0.29) is 10.6 Å². The summed E-state index contributed by atoms with van der Waals surface area (Å²) in [7, 11) is -3.74. The molecule has 0 aromatic heterocycles. The highest BCUT2D eigenvalue weighted by atomic mass is 32.2. The van der Waals surface area contributed by atoms with E-state index < -0.39 is 10.0 Å². The van der Waals surface area contributed by atoms with E-state index in [0.717, 1.165) is 31.1 Å². The average Bonchev–Trinajstić information content (AvgIpc) is 2.31. The molecule has 19 heavy (non-hydrogen) atoms. The van der Waals surface area contributed by atoms with Gasteiger partial charge in [-0.25, -0.2) is 13.6 Å². The van der Waals surface area contributed by atoms with Crippen molar-refractivity contribution in [3.63, 3.8) is 0 Å². The van der Waals surface area contributed by atoms with Crippen molar-refractivity contribution in [3.05, 3.63) is 18.2 Å². The molecule has 0 radical (unpaired) electrons. The molecule has 106 valence electrons. The van der Waals surface area contributed by atoms with E-state index >= 15 is 0 Å². The van der Waals surface area contributed by atoms with E-state index in [2.05, 4.69) is 18.7 Å². The summed E-state index contributed by atoms with van der Waals surface area (Å²) in [5.41, 5.74) is 6.97. The summed E-state index contributed by atoms with van der Waals surface area (Å²) in [6.45, 7) is 6.44. The van der Waals surface area contributed by atoms with E-state index in [9.17, 15) is 8.42 Å².